The Bertz CT molecular complexity index is 988. The summed E-state index contributed by atoms with van der Waals surface area (Å²) in [6.45, 7) is 13.1. The van der Waals surface area contributed by atoms with Crippen LogP contribution in [0.2, 0.25) is 5.04 Å². The molecule has 1 aliphatic rings. The molecule has 1 aliphatic heterocycles. The molecule has 0 bridgehead atoms. The maximum atomic E-state index is 13.1. The summed E-state index contributed by atoms with van der Waals surface area (Å²) in [5.41, 5.74) is 8.43. The summed E-state index contributed by atoms with van der Waals surface area (Å²) in [4.78, 5) is 17.9. The van der Waals surface area contributed by atoms with Crippen LogP contribution in [0.25, 0.3) is 10.4 Å². The molecule has 7 nitrogen and oxygen atoms in total. The number of azide groups is 1. The van der Waals surface area contributed by atoms with Gasteiger partial charge in [0.1, 0.15) is 5.60 Å². The normalized spacial score (nSPS) is 19.1. The number of piperidine rings is 1. The van der Waals surface area contributed by atoms with E-state index in [0.717, 1.165) is 0 Å². The summed E-state index contributed by atoms with van der Waals surface area (Å²) in [6, 6.07) is 20.4. The first-order chi connectivity index (χ1) is 16.5. The minimum absolute atomic E-state index is 0.175. The minimum atomic E-state index is -2.77. The van der Waals surface area contributed by atoms with Crippen molar-refractivity contribution in [1.82, 2.24) is 4.90 Å². The Hall–Kier alpha value is -2.80. The maximum absolute atomic E-state index is 13.1. The van der Waals surface area contributed by atoms with Crippen LogP contribution in [0.3, 0.4) is 0 Å². The van der Waals surface area contributed by atoms with Crippen LogP contribution in [0.15, 0.2) is 65.8 Å². The van der Waals surface area contributed by atoms with Gasteiger partial charge in [0.25, 0.3) is 8.32 Å². The molecule has 0 radical (unpaired) electrons. The fourth-order valence-electron chi connectivity index (χ4n) is 4.91. The lowest BCUT2D eigenvalue weighted by Crippen LogP contribution is -2.67. The molecule has 1 saturated heterocycles. The molecule has 0 unspecified atom stereocenters. The van der Waals surface area contributed by atoms with Gasteiger partial charge in [0, 0.05) is 17.5 Å². The number of carbonyl (C=O) groups excluding carboxylic acids is 1. The Kier molecular flexibility index (Phi) is 8.31. The van der Waals surface area contributed by atoms with Crippen LogP contribution in [0.1, 0.15) is 54.4 Å². The standard InChI is InChI=1S/C27H38N4O3Si/c1-26(2,3)34-25(32)31-18-17-21(29-30-28)19-22(31)20-33-35(27(4,5)6,23-13-9-7-10-14-23)24-15-11-8-12-16-24/h7-16,21-22H,17-20H2,1-6H3/t21-,22-/m1/s1. The number of benzene rings is 2. The van der Waals surface area contributed by atoms with Gasteiger partial charge in [0.05, 0.1) is 12.6 Å². The largest absolute Gasteiger partial charge is 0.444 e. The second kappa shape index (κ2) is 10.9. The van der Waals surface area contributed by atoms with Crippen molar-refractivity contribution in [2.75, 3.05) is 13.2 Å². The van der Waals surface area contributed by atoms with Crippen molar-refractivity contribution in [3.63, 3.8) is 0 Å². The zero-order chi connectivity index (χ0) is 25.7. The first-order valence-electron chi connectivity index (χ1n) is 12.3. The lowest BCUT2D eigenvalue weighted by Gasteiger charge is -2.45. The number of hydrogen-bond acceptors (Lipinski definition) is 4. The first-order valence-corrected chi connectivity index (χ1v) is 14.2. The van der Waals surface area contributed by atoms with E-state index < -0.39 is 13.9 Å². The van der Waals surface area contributed by atoms with Crippen molar-refractivity contribution in [3.05, 3.63) is 71.1 Å². The van der Waals surface area contributed by atoms with Crippen molar-refractivity contribution >= 4 is 24.8 Å². The molecule has 1 fully saturated rings. The molecule has 8 heteroatoms. The molecule has 0 saturated carbocycles. The van der Waals surface area contributed by atoms with Gasteiger partial charge in [0.15, 0.2) is 0 Å². The zero-order valence-corrected chi connectivity index (χ0v) is 22.8. The smallest absolute Gasteiger partial charge is 0.410 e. The van der Waals surface area contributed by atoms with Crippen LogP contribution >= 0.6 is 0 Å². The first kappa shape index (κ1) is 26.8. The molecule has 35 heavy (non-hydrogen) atoms. The van der Waals surface area contributed by atoms with E-state index in [1.165, 1.54) is 10.4 Å². The molecule has 0 spiro atoms. The second-order valence-electron chi connectivity index (χ2n) is 11.2. The quantitative estimate of drug-likeness (QED) is 0.225. The van der Waals surface area contributed by atoms with Crippen molar-refractivity contribution in [2.45, 2.75) is 77.1 Å². The molecule has 1 heterocycles. The van der Waals surface area contributed by atoms with Crippen molar-refractivity contribution < 1.29 is 14.0 Å². The van der Waals surface area contributed by atoms with Crippen LogP contribution in [-0.4, -0.2) is 50.1 Å². The summed E-state index contributed by atoms with van der Waals surface area (Å²) in [7, 11) is -2.77. The van der Waals surface area contributed by atoms with Gasteiger partial charge in [-0.25, -0.2) is 4.79 Å². The van der Waals surface area contributed by atoms with Crippen LogP contribution < -0.4 is 10.4 Å². The number of carbonyl (C=O) groups is 1. The van der Waals surface area contributed by atoms with Gasteiger partial charge in [-0.2, -0.15) is 0 Å². The Labute approximate surface area is 210 Å². The van der Waals surface area contributed by atoms with E-state index in [1.54, 1.807) is 4.90 Å². The highest BCUT2D eigenvalue weighted by Crippen LogP contribution is 2.37. The van der Waals surface area contributed by atoms with Gasteiger partial charge in [-0.15, -0.1) is 0 Å². The molecule has 0 aromatic heterocycles. The Balaban J connectivity index is 2.01. The van der Waals surface area contributed by atoms with Gasteiger partial charge in [-0.05, 0) is 54.6 Å². The molecular formula is C27H38N4O3Si. The number of ether oxygens (including phenoxy) is 1. The van der Waals surface area contributed by atoms with Crippen LogP contribution in [-0.2, 0) is 9.16 Å². The number of likely N-dealkylation sites (tertiary alicyclic amines) is 1. The average molecular weight is 495 g/mol. The Morgan fingerprint density at radius 2 is 1.57 bits per heavy atom. The molecule has 2 aromatic carbocycles. The SMILES string of the molecule is CC(C)(C)OC(=O)N1CC[C@@H](N=[N+]=[N-])C[C@@H]1CO[Si](c1ccccc1)(c1ccccc1)C(C)(C)C. The van der Waals surface area contributed by atoms with Gasteiger partial charge in [-0.1, -0.05) is 86.5 Å². The van der Waals surface area contributed by atoms with E-state index >= 15 is 0 Å². The molecule has 2 atom stereocenters. The maximum Gasteiger partial charge on any atom is 0.410 e. The third-order valence-electron chi connectivity index (χ3n) is 6.44. The summed E-state index contributed by atoms with van der Waals surface area (Å²) in [5, 5.41) is 6.16. The Morgan fingerprint density at radius 3 is 2.03 bits per heavy atom. The molecule has 2 aromatic rings. The summed E-state index contributed by atoms with van der Waals surface area (Å²) < 4.78 is 12.8. The molecular weight excluding hydrogens is 456 g/mol. The number of rotatable bonds is 6. The minimum Gasteiger partial charge on any atom is -0.444 e. The zero-order valence-electron chi connectivity index (χ0n) is 21.8. The summed E-state index contributed by atoms with van der Waals surface area (Å²) >= 11 is 0. The molecule has 1 amide bonds. The molecule has 0 N–H and O–H groups in total. The topological polar surface area (TPSA) is 87.5 Å². The lowest BCUT2D eigenvalue weighted by atomic mass is 9.99. The van der Waals surface area contributed by atoms with E-state index in [2.05, 4.69) is 79.3 Å². The van der Waals surface area contributed by atoms with Gasteiger partial charge >= 0.3 is 6.09 Å². The highest BCUT2D eigenvalue weighted by Gasteiger charge is 2.51. The van der Waals surface area contributed by atoms with Gasteiger partial charge < -0.3 is 14.1 Å². The number of amides is 1. The monoisotopic (exact) mass is 494 g/mol. The van der Waals surface area contributed by atoms with Crippen molar-refractivity contribution in [2.24, 2.45) is 5.11 Å². The van der Waals surface area contributed by atoms with E-state index in [1.807, 2.05) is 32.9 Å². The fraction of sp³-hybridized carbons (Fsp3) is 0.519. The van der Waals surface area contributed by atoms with Crippen molar-refractivity contribution in [1.29, 1.82) is 0 Å². The highest BCUT2D eigenvalue weighted by atomic mass is 28.4. The van der Waals surface area contributed by atoms with Gasteiger partial charge in [0.2, 0.25) is 0 Å². The third-order valence-corrected chi connectivity index (χ3v) is 11.4. The van der Waals surface area contributed by atoms with Gasteiger partial charge in [-0.3, -0.25) is 0 Å². The average Bonchev–Trinajstić information content (AvgIpc) is 2.79. The van der Waals surface area contributed by atoms with Crippen LogP contribution in [0.5, 0.6) is 0 Å². The lowest BCUT2D eigenvalue weighted by molar-refractivity contribution is 0.00118. The van der Waals surface area contributed by atoms with Crippen LogP contribution in [0, 0.1) is 0 Å². The van der Waals surface area contributed by atoms with E-state index in [-0.39, 0.29) is 23.2 Å². The predicted molar refractivity (Wildman–Crippen MR) is 142 cm³/mol. The fourth-order valence-corrected chi connectivity index (χ4v) is 9.51. The second-order valence-corrected chi connectivity index (χ2v) is 15.5. The highest BCUT2D eigenvalue weighted by molar-refractivity contribution is 6.99. The van der Waals surface area contributed by atoms with E-state index in [4.69, 9.17) is 14.7 Å². The number of nitrogens with zero attached hydrogens (tertiary/aromatic N) is 4. The third kappa shape index (κ3) is 6.26. The van der Waals surface area contributed by atoms with Crippen LogP contribution in [0.4, 0.5) is 4.79 Å². The summed E-state index contributed by atoms with van der Waals surface area (Å²) in [6.07, 6.45) is 0.800. The van der Waals surface area contributed by atoms with E-state index in [9.17, 15) is 4.79 Å². The molecule has 0 aliphatic carbocycles. The van der Waals surface area contributed by atoms with Crippen molar-refractivity contribution in [3.8, 4) is 0 Å². The van der Waals surface area contributed by atoms with E-state index in [0.29, 0.717) is 26.0 Å². The number of hydrogen-bond donors (Lipinski definition) is 0. The summed E-state index contributed by atoms with van der Waals surface area (Å²) in [5.74, 6) is 0. The molecule has 188 valence electrons. The Morgan fingerprint density at radius 1 is 1.03 bits per heavy atom. The molecule has 3 rings (SSSR count). The predicted octanol–water partition coefficient (Wildman–Crippen LogP) is 5.64.